The second-order valence-corrected chi connectivity index (χ2v) is 10.1. The molecule has 0 bridgehead atoms. The van der Waals surface area contributed by atoms with E-state index in [0.29, 0.717) is 17.0 Å². The van der Waals surface area contributed by atoms with Crippen molar-refractivity contribution in [2.24, 2.45) is 0 Å². The Kier molecular flexibility index (Phi) is 7.17. The van der Waals surface area contributed by atoms with E-state index in [1.807, 2.05) is 6.07 Å². The number of nitrogens with zero attached hydrogens (tertiary/aromatic N) is 1. The number of anilines is 1. The molecular weight excluding hydrogens is 422 g/mol. The lowest BCUT2D eigenvalue weighted by Gasteiger charge is -2.13. The number of carbonyl (C=O) groups excluding carboxylic acids is 2. The van der Waals surface area contributed by atoms with Gasteiger partial charge in [0.25, 0.3) is 5.24 Å². The molecule has 7 nitrogen and oxygen atoms in total. The van der Waals surface area contributed by atoms with Crippen LogP contribution in [0.1, 0.15) is 24.8 Å². The van der Waals surface area contributed by atoms with E-state index in [-0.39, 0.29) is 28.5 Å². The van der Waals surface area contributed by atoms with Crippen molar-refractivity contribution in [3.63, 3.8) is 0 Å². The largest absolute Gasteiger partial charge is 0.339 e. The summed E-state index contributed by atoms with van der Waals surface area (Å²) in [5.41, 5.74) is 1.47. The third-order valence-corrected chi connectivity index (χ3v) is 7.15. The molecule has 0 aromatic heterocycles. The van der Waals surface area contributed by atoms with Gasteiger partial charge in [0.15, 0.2) is 0 Å². The zero-order valence-electron chi connectivity index (χ0n) is 16.9. The molecule has 2 aromatic carbocycles. The number of carbonyl (C=O) groups is 2. The zero-order valence-corrected chi connectivity index (χ0v) is 18.6. The molecule has 1 fully saturated rings. The molecule has 3 rings (SSSR count). The van der Waals surface area contributed by atoms with Gasteiger partial charge in [-0.25, -0.2) is 13.1 Å². The second-order valence-electron chi connectivity index (χ2n) is 7.35. The van der Waals surface area contributed by atoms with E-state index >= 15 is 0 Å². The van der Waals surface area contributed by atoms with Crippen LogP contribution in [0.25, 0.3) is 0 Å². The third kappa shape index (κ3) is 6.32. The Morgan fingerprint density at radius 2 is 1.73 bits per heavy atom. The number of thioether (sulfide) groups is 1. The lowest BCUT2D eigenvalue weighted by molar-refractivity contribution is -0.116. The molecule has 0 unspecified atom stereocenters. The normalized spacial score (nSPS) is 13.7. The number of para-hydroxylation sites is 1. The van der Waals surface area contributed by atoms with Gasteiger partial charge in [0, 0.05) is 31.5 Å². The van der Waals surface area contributed by atoms with Crippen LogP contribution in [0.3, 0.4) is 0 Å². The summed E-state index contributed by atoms with van der Waals surface area (Å²) in [6.45, 7) is 0. The summed E-state index contributed by atoms with van der Waals surface area (Å²) in [5.74, 6) is -0.174. The summed E-state index contributed by atoms with van der Waals surface area (Å²) in [5, 5.41) is 2.73. The van der Waals surface area contributed by atoms with Crippen LogP contribution < -0.4 is 10.0 Å². The van der Waals surface area contributed by atoms with Crippen LogP contribution in [0.15, 0.2) is 58.3 Å². The first kappa shape index (κ1) is 22.3. The summed E-state index contributed by atoms with van der Waals surface area (Å²) in [4.78, 5) is 26.7. The number of aryl methyl sites for hydroxylation is 1. The van der Waals surface area contributed by atoms with Gasteiger partial charge >= 0.3 is 0 Å². The monoisotopic (exact) mass is 447 g/mol. The third-order valence-electron chi connectivity index (χ3n) is 4.50. The quantitative estimate of drug-likeness (QED) is 0.604. The fourth-order valence-corrected chi connectivity index (χ4v) is 4.69. The second kappa shape index (κ2) is 9.63. The molecule has 2 amide bonds. The minimum atomic E-state index is -3.47. The van der Waals surface area contributed by atoms with Gasteiger partial charge in [0.1, 0.15) is 0 Å². The Morgan fingerprint density at radius 1 is 1.07 bits per heavy atom. The Balaban J connectivity index is 1.55. The first-order chi connectivity index (χ1) is 14.2. The van der Waals surface area contributed by atoms with E-state index in [4.69, 9.17) is 0 Å². The molecule has 1 aliphatic rings. The minimum Gasteiger partial charge on any atom is -0.339 e. The van der Waals surface area contributed by atoms with Gasteiger partial charge in [-0.05, 0) is 60.9 Å². The molecule has 0 atom stereocenters. The number of hydrogen-bond donors (Lipinski definition) is 2. The van der Waals surface area contributed by atoms with Crippen LogP contribution in [0.5, 0.6) is 0 Å². The predicted molar refractivity (Wildman–Crippen MR) is 118 cm³/mol. The molecule has 0 spiro atoms. The Morgan fingerprint density at radius 3 is 2.37 bits per heavy atom. The van der Waals surface area contributed by atoms with E-state index < -0.39 is 10.0 Å². The maximum Gasteiger partial charge on any atom is 0.286 e. The van der Waals surface area contributed by atoms with E-state index in [1.165, 1.54) is 4.90 Å². The fourth-order valence-electron chi connectivity index (χ4n) is 2.64. The summed E-state index contributed by atoms with van der Waals surface area (Å²) >= 11 is 1.06. The molecule has 30 heavy (non-hydrogen) atoms. The molecule has 1 aliphatic carbocycles. The molecule has 1 saturated carbocycles. The van der Waals surface area contributed by atoms with Crippen molar-refractivity contribution >= 4 is 38.6 Å². The number of hydrogen-bond acceptors (Lipinski definition) is 5. The average molecular weight is 448 g/mol. The molecule has 2 N–H and O–H groups in total. The van der Waals surface area contributed by atoms with Crippen LogP contribution >= 0.6 is 11.8 Å². The number of benzene rings is 2. The molecule has 0 saturated heterocycles. The Hall–Kier alpha value is -2.36. The highest BCUT2D eigenvalue weighted by Crippen LogP contribution is 2.29. The van der Waals surface area contributed by atoms with Crippen molar-refractivity contribution in [2.75, 3.05) is 19.4 Å². The summed E-state index contributed by atoms with van der Waals surface area (Å²) in [6, 6.07) is 13.8. The number of amides is 2. The molecule has 2 aromatic rings. The summed E-state index contributed by atoms with van der Waals surface area (Å²) in [6.07, 6.45) is 2.50. The molecule has 0 heterocycles. The van der Waals surface area contributed by atoms with Gasteiger partial charge < -0.3 is 10.2 Å². The van der Waals surface area contributed by atoms with Gasteiger partial charge in [0.05, 0.1) is 10.6 Å². The van der Waals surface area contributed by atoms with Crippen molar-refractivity contribution in [2.45, 2.75) is 41.5 Å². The minimum absolute atomic E-state index is 0.0624. The predicted octanol–water partition coefficient (Wildman–Crippen LogP) is 3.47. The number of sulfonamides is 1. The van der Waals surface area contributed by atoms with Gasteiger partial charge in [-0.2, -0.15) is 0 Å². The SMILES string of the molecule is CN(C)C(=O)Sc1ccccc1NC(=O)CCc1ccc(S(=O)(=O)NC2CC2)cc1. The maximum atomic E-state index is 12.4. The van der Waals surface area contributed by atoms with Crippen molar-refractivity contribution < 1.29 is 18.0 Å². The van der Waals surface area contributed by atoms with E-state index in [9.17, 15) is 18.0 Å². The van der Waals surface area contributed by atoms with Crippen molar-refractivity contribution in [3.05, 3.63) is 54.1 Å². The highest BCUT2D eigenvalue weighted by molar-refractivity contribution is 8.13. The first-order valence-corrected chi connectivity index (χ1v) is 11.9. The first-order valence-electron chi connectivity index (χ1n) is 9.64. The number of nitrogens with one attached hydrogen (secondary N) is 2. The van der Waals surface area contributed by atoms with Crippen LogP contribution in [0, 0.1) is 0 Å². The van der Waals surface area contributed by atoms with E-state index in [1.54, 1.807) is 56.6 Å². The standard InChI is InChI=1S/C21H25N3O4S2/c1-24(2)21(26)29-19-6-4-3-5-18(19)22-20(25)14-9-15-7-12-17(13-8-15)30(27,28)23-16-10-11-16/h3-8,12-13,16,23H,9-11,14H2,1-2H3,(H,22,25). The smallest absolute Gasteiger partial charge is 0.286 e. The lowest BCUT2D eigenvalue weighted by atomic mass is 10.1. The van der Waals surface area contributed by atoms with Crippen LogP contribution in [0.2, 0.25) is 0 Å². The fraction of sp³-hybridized carbons (Fsp3) is 0.333. The van der Waals surface area contributed by atoms with Crippen molar-refractivity contribution in [3.8, 4) is 0 Å². The average Bonchev–Trinajstić information content (AvgIpc) is 3.51. The Labute approximate surface area is 181 Å². The van der Waals surface area contributed by atoms with Crippen LogP contribution in [0.4, 0.5) is 10.5 Å². The van der Waals surface area contributed by atoms with E-state index in [2.05, 4.69) is 10.0 Å². The van der Waals surface area contributed by atoms with Gasteiger partial charge in [-0.15, -0.1) is 0 Å². The molecule has 160 valence electrons. The molecule has 0 radical (unpaired) electrons. The summed E-state index contributed by atoms with van der Waals surface area (Å²) < 4.78 is 27.1. The molecule has 0 aliphatic heterocycles. The van der Waals surface area contributed by atoms with Crippen molar-refractivity contribution in [1.29, 1.82) is 0 Å². The molecular formula is C21H25N3O4S2. The van der Waals surface area contributed by atoms with Gasteiger partial charge in [-0.3, -0.25) is 9.59 Å². The zero-order chi connectivity index (χ0) is 21.7. The lowest BCUT2D eigenvalue weighted by Crippen LogP contribution is -2.25. The highest BCUT2D eigenvalue weighted by atomic mass is 32.2. The summed E-state index contributed by atoms with van der Waals surface area (Å²) in [7, 11) is -0.118. The highest BCUT2D eigenvalue weighted by Gasteiger charge is 2.27. The Bertz CT molecular complexity index is 1020. The molecule has 9 heteroatoms. The van der Waals surface area contributed by atoms with Crippen LogP contribution in [-0.4, -0.2) is 44.6 Å². The van der Waals surface area contributed by atoms with E-state index in [0.717, 1.165) is 30.2 Å². The van der Waals surface area contributed by atoms with Gasteiger partial charge in [-0.1, -0.05) is 24.3 Å². The topological polar surface area (TPSA) is 95.6 Å². The van der Waals surface area contributed by atoms with Crippen molar-refractivity contribution in [1.82, 2.24) is 9.62 Å². The van der Waals surface area contributed by atoms with Crippen LogP contribution in [-0.2, 0) is 21.2 Å². The van der Waals surface area contributed by atoms with Gasteiger partial charge in [0.2, 0.25) is 15.9 Å². The number of rotatable bonds is 8. The maximum absolute atomic E-state index is 12.4.